The molecule has 0 aromatic carbocycles. The zero-order valence-corrected chi connectivity index (χ0v) is 10.3. The molecule has 1 amide bonds. The summed E-state index contributed by atoms with van der Waals surface area (Å²) in [6, 6.07) is 0.328. The smallest absolute Gasteiger partial charge is 0.224 e. The molecule has 0 aromatic heterocycles. The van der Waals surface area contributed by atoms with E-state index in [2.05, 4.69) is 31.1 Å². The third-order valence-electron chi connectivity index (χ3n) is 3.11. The Morgan fingerprint density at radius 3 is 2.93 bits per heavy atom. The van der Waals surface area contributed by atoms with E-state index < -0.39 is 0 Å². The van der Waals surface area contributed by atoms with Gasteiger partial charge in [0.2, 0.25) is 5.91 Å². The monoisotopic (exact) mass is 212 g/mol. The average Bonchev–Trinajstić information content (AvgIpc) is 2.18. The second-order valence-corrected chi connectivity index (χ2v) is 4.80. The van der Waals surface area contributed by atoms with Gasteiger partial charge in [0.25, 0.3) is 0 Å². The van der Waals surface area contributed by atoms with E-state index in [1.165, 1.54) is 0 Å². The molecule has 88 valence electrons. The Balaban J connectivity index is 2.32. The number of likely N-dealkylation sites (tertiary alicyclic amines) is 1. The van der Waals surface area contributed by atoms with Crippen molar-refractivity contribution in [1.82, 2.24) is 10.2 Å². The highest BCUT2D eigenvalue weighted by atomic mass is 16.2. The van der Waals surface area contributed by atoms with Crippen LogP contribution in [0, 0.1) is 5.92 Å². The minimum atomic E-state index is 0.211. The van der Waals surface area contributed by atoms with Gasteiger partial charge < -0.3 is 10.2 Å². The largest absolute Gasteiger partial charge is 0.353 e. The molecule has 1 aliphatic rings. The van der Waals surface area contributed by atoms with Gasteiger partial charge in [0.05, 0.1) is 5.92 Å². The molecule has 1 aliphatic heterocycles. The summed E-state index contributed by atoms with van der Waals surface area (Å²) in [4.78, 5) is 14.1. The molecule has 1 fully saturated rings. The van der Waals surface area contributed by atoms with Crippen molar-refractivity contribution in [2.24, 2.45) is 5.92 Å². The summed E-state index contributed by atoms with van der Waals surface area (Å²) in [5, 5.41) is 3.11. The van der Waals surface area contributed by atoms with Gasteiger partial charge in [0.1, 0.15) is 0 Å². The normalized spacial score (nSPS) is 24.9. The molecule has 0 spiro atoms. The molecule has 0 aromatic rings. The zero-order chi connectivity index (χ0) is 11.3. The number of rotatable bonds is 4. The molecule has 3 nitrogen and oxygen atoms in total. The van der Waals surface area contributed by atoms with Crippen LogP contribution in [0.3, 0.4) is 0 Å². The molecule has 0 unspecified atom stereocenters. The fraction of sp³-hybridized carbons (Fsp3) is 0.917. The van der Waals surface area contributed by atoms with Crippen LogP contribution < -0.4 is 5.32 Å². The Morgan fingerprint density at radius 2 is 2.33 bits per heavy atom. The van der Waals surface area contributed by atoms with E-state index in [9.17, 15) is 4.79 Å². The Labute approximate surface area is 93.2 Å². The zero-order valence-electron chi connectivity index (χ0n) is 10.3. The molecular formula is C12H24N2O. The number of amides is 1. The molecule has 0 aliphatic carbocycles. The van der Waals surface area contributed by atoms with E-state index in [0.717, 1.165) is 38.8 Å². The second kappa shape index (κ2) is 6.11. The van der Waals surface area contributed by atoms with Crippen molar-refractivity contribution in [3.8, 4) is 0 Å². The Bertz CT molecular complexity index is 206. The quantitative estimate of drug-likeness (QED) is 0.768. The van der Waals surface area contributed by atoms with E-state index in [4.69, 9.17) is 0 Å². The average molecular weight is 212 g/mol. The van der Waals surface area contributed by atoms with E-state index in [1.54, 1.807) is 0 Å². The van der Waals surface area contributed by atoms with Gasteiger partial charge in [-0.05, 0) is 39.8 Å². The molecular weight excluding hydrogens is 188 g/mol. The third-order valence-corrected chi connectivity index (χ3v) is 3.11. The van der Waals surface area contributed by atoms with E-state index in [-0.39, 0.29) is 11.8 Å². The number of hydrogen-bond donors (Lipinski definition) is 1. The van der Waals surface area contributed by atoms with Crippen LogP contribution in [0.1, 0.15) is 39.5 Å². The third kappa shape index (κ3) is 4.20. The summed E-state index contributed by atoms with van der Waals surface area (Å²) in [6.45, 7) is 6.30. The lowest BCUT2D eigenvalue weighted by Gasteiger charge is -2.29. The van der Waals surface area contributed by atoms with Crippen molar-refractivity contribution in [3.05, 3.63) is 0 Å². The molecule has 15 heavy (non-hydrogen) atoms. The molecule has 0 radical (unpaired) electrons. The topological polar surface area (TPSA) is 32.3 Å². The van der Waals surface area contributed by atoms with Crippen LogP contribution in [0.4, 0.5) is 0 Å². The van der Waals surface area contributed by atoms with Gasteiger partial charge in [0.15, 0.2) is 0 Å². The summed E-state index contributed by atoms with van der Waals surface area (Å²) in [5.41, 5.74) is 0. The van der Waals surface area contributed by atoms with Gasteiger partial charge in [-0.25, -0.2) is 0 Å². The van der Waals surface area contributed by atoms with Crippen molar-refractivity contribution in [1.29, 1.82) is 0 Å². The maximum absolute atomic E-state index is 11.9. The van der Waals surface area contributed by atoms with Crippen molar-refractivity contribution in [3.63, 3.8) is 0 Å². The molecule has 0 saturated carbocycles. The SMILES string of the molecule is CCC[C@H](C)NC(=O)[C@H]1CCCN(C)C1. The molecule has 3 heteroatoms. The maximum atomic E-state index is 11.9. The minimum Gasteiger partial charge on any atom is -0.353 e. The van der Waals surface area contributed by atoms with Crippen LogP contribution in [0.2, 0.25) is 0 Å². The number of nitrogens with zero attached hydrogens (tertiary/aromatic N) is 1. The van der Waals surface area contributed by atoms with Crippen LogP contribution in [0.15, 0.2) is 0 Å². The number of piperidine rings is 1. The predicted molar refractivity (Wildman–Crippen MR) is 62.7 cm³/mol. The van der Waals surface area contributed by atoms with Gasteiger partial charge in [0, 0.05) is 12.6 Å². The summed E-state index contributed by atoms with van der Waals surface area (Å²) < 4.78 is 0. The lowest BCUT2D eigenvalue weighted by molar-refractivity contribution is -0.127. The highest BCUT2D eigenvalue weighted by Crippen LogP contribution is 2.15. The van der Waals surface area contributed by atoms with Crippen molar-refractivity contribution < 1.29 is 4.79 Å². The molecule has 1 N–H and O–H groups in total. The van der Waals surface area contributed by atoms with Gasteiger partial charge in [-0.15, -0.1) is 0 Å². The number of hydrogen-bond acceptors (Lipinski definition) is 2. The fourth-order valence-electron chi connectivity index (χ4n) is 2.25. The van der Waals surface area contributed by atoms with E-state index >= 15 is 0 Å². The first kappa shape index (κ1) is 12.5. The summed E-state index contributed by atoms with van der Waals surface area (Å²) in [7, 11) is 2.09. The van der Waals surface area contributed by atoms with Crippen molar-refractivity contribution in [2.75, 3.05) is 20.1 Å². The first-order valence-corrected chi connectivity index (χ1v) is 6.12. The van der Waals surface area contributed by atoms with E-state index in [1.807, 2.05) is 0 Å². The molecule has 0 bridgehead atoms. The Morgan fingerprint density at radius 1 is 1.60 bits per heavy atom. The van der Waals surface area contributed by atoms with Gasteiger partial charge >= 0.3 is 0 Å². The highest BCUT2D eigenvalue weighted by Gasteiger charge is 2.24. The van der Waals surface area contributed by atoms with Crippen LogP contribution in [-0.4, -0.2) is 37.0 Å². The summed E-state index contributed by atoms with van der Waals surface area (Å²) in [6.07, 6.45) is 4.41. The van der Waals surface area contributed by atoms with Gasteiger partial charge in [-0.1, -0.05) is 13.3 Å². The van der Waals surface area contributed by atoms with Crippen LogP contribution in [0.25, 0.3) is 0 Å². The fourth-order valence-corrected chi connectivity index (χ4v) is 2.25. The van der Waals surface area contributed by atoms with Crippen molar-refractivity contribution >= 4 is 5.91 Å². The first-order chi connectivity index (χ1) is 7.13. The van der Waals surface area contributed by atoms with Gasteiger partial charge in [-0.2, -0.15) is 0 Å². The Hall–Kier alpha value is -0.570. The van der Waals surface area contributed by atoms with Crippen LogP contribution in [0.5, 0.6) is 0 Å². The number of nitrogens with one attached hydrogen (secondary N) is 1. The molecule has 1 rings (SSSR count). The number of carbonyl (C=O) groups is 1. The summed E-state index contributed by atoms with van der Waals surface area (Å²) in [5.74, 6) is 0.463. The Kier molecular flexibility index (Phi) is 5.09. The van der Waals surface area contributed by atoms with Crippen LogP contribution >= 0.6 is 0 Å². The van der Waals surface area contributed by atoms with Crippen LogP contribution in [-0.2, 0) is 4.79 Å². The van der Waals surface area contributed by atoms with Gasteiger partial charge in [-0.3, -0.25) is 4.79 Å². The standard InChI is InChI=1S/C12H24N2O/c1-4-6-10(2)13-12(15)11-7-5-8-14(3)9-11/h10-11H,4-9H2,1-3H3,(H,13,15)/t10-,11-/m0/s1. The first-order valence-electron chi connectivity index (χ1n) is 6.12. The predicted octanol–water partition coefficient (Wildman–Crippen LogP) is 1.63. The van der Waals surface area contributed by atoms with E-state index in [0.29, 0.717) is 6.04 Å². The van der Waals surface area contributed by atoms with Crippen molar-refractivity contribution in [2.45, 2.75) is 45.6 Å². The minimum absolute atomic E-state index is 0.211. The molecule has 2 atom stereocenters. The highest BCUT2D eigenvalue weighted by molar-refractivity contribution is 5.79. The second-order valence-electron chi connectivity index (χ2n) is 4.80. The molecule has 1 heterocycles. The lowest BCUT2D eigenvalue weighted by Crippen LogP contribution is -2.44. The number of carbonyl (C=O) groups excluding carboxylic acids is 1. The summed E-state index contributed by atoms with van der Waals surface area (Å²) >= 11 is 0. The molecule has 1 saturated heterocycles. The lowest BCUT2D eigenvalue weighted by atomic mass is 9.97. The maximum Gasteiger partial charge on any atom is 0.224 e.